The summed E-state index contributed by atoms with van der Waals surface area (Å²) in [5, 5.41) is 18.3. The highest BCUT2D eigenvalue weighted by molar-refractivity contribution is 7.09. The highest BCUT2D eigenvalue weighted by Gasteiger charge is 2.07. The van der Waals surface area contributed by atoms with Crippen molar-refractivity contribution in [3.63, 3.8) is 0 Å². The molecule has 0 aliphatic rings. The van der Waals surface area contributed by atoms with E-state index in [9.17, 15) is 0 Å². The van der Waals surface area contributed by atoms with Gasteiger partial charge in [0.15, 0.2) is 11.8 Å². The topological polar surface area (TPSA) is 80.0 Å². The zero-order chi connectivity index (χ0) is 20.1. The normalized spacial score (nSPS) is 11.7. The van der Waals surface area contributed by atoms with Gasteiger partial charge in [0.05, 0.1) is 25.2 Å². The van der Waals surface area contributed by atoms with Crippen LogP contribution in [0.2, 0.25) is 0 Å². The second kappa shape index (κ2) is 8.83. The van der Waals surface area contributed by atoms with Crippen LogP contribution >= 0.6 is 11.3 Å². The van der Waals surface area contributed by atoms with Crippen LogP contribution in [-0.4, -0.2) is 25.7 Å². The number of thiophene rings is 1. The summed E-state index contributed by atoms with van der Waals surface area (Å²) in [5.74, 6) is 2.48. The first-order chi connectivity index (χ1) is 14.2. The molecule has 7 nitrogen and oxygen atoms in total. The number of nitrogens with zero attached hydrogens (tertiary/aromatic N) is 5. The SMILES string of the molecule is Cc1nnc(CNC(=NCc2ccnc3ccccc23)NCc2cccs2)n1C. The standard InChI is InChI=1S/C21H23N7S/c1-15-26-27-20(28(15)2)14-25-21(24-13-17-6-5-11-29-17)23-12-16-9-10-22-19-8-4-3-7-18(16)19/h3-11H,12-14H2,1-2H3,(H2,23,24,25). The molecule has 0 radical (unpaired) electrons. The van der Waals surface area contributed by atoms with Gasteiger partial charge in [-0.05, 0) is 36.1 Å². The Morgan fingerprint density at radius 1 is 1.07 bits per heavy atom. The molecule has 0 amide bonds. The average molecular weight is 406 g/mol. The molecule has 148 valence electrons. The molecule has 0 aliphatic heterocycles. The predicted octanol–water partition coefficient (Wildman–Crippen LogP) is 3.17. The minimum atomic E-state index is 0.546. The van der Waals surface area contributed by atoms with Crippen molar-refractivity contribution in [2.75, 3.05) is 0 Å². The van der Waals surface area contributed by atoms with Crippen molar-refractivity contribution in [1.82, 2.24) is 30.4 Å². The van der Waals surface area contributed by atoms with E-state index < -0.39 is 0 Å². The van der Waals surface area contributed by atoms with Gasteiger partial charge in [-0.1, -0.05) is 24.3 Å². The van der Waals surface area contributed by atoms with Gasteiger partial charge in [0, 0.05) is 23.5 Å². The fourth-order valence-corrected chi connectivity index (χ4v) is 3.63. The third-order valence-corrected chi connectivity index (χ3v) is 5.63. The first-order valence-electron chi connectivity index (χ1n) is 9.43. The molecule has 0 unspecified atom stereocenters. The number of nitrogens with one attached hydrogen (secondary N) is 2. The number of hydrogen-bond donors (Lipinski definition) is 2. The van der Waals surface area contributed by atoms with Crippen LogP contribution in [0.25, 0.3) is 10.9 Å². The van der Waals surface area contributed by atoms with Gasteiger partial charge in [0.1, 0.15) is 5.82 Å². The number of fused-ring (bicyclic) bond motifs is 1. The molecule has 4 rings (SSSR count). The van der Waals surface area contributed by atoms with Gasteiger partial charge in [-0.15, -0.1) is 21.5 Å². The first kappa shape index (κ1) is 19.1. The number of aryl methyl sites for hydroxylation is 1. The number of para-hydroxylation sites is 1. The van der Waals surface area contributed by atoms with Crippen LogP contribution < -0.4 is 10.6 Å². The maximum Gasteiger partial charge on any atom is 0.192 e. The van der Waals surface area contributed by atoms with E-state index in [0.717, 1.165) is 40.6 Å². The van der Waals surface area contributed by atoms with Crippen molar-refractivity contribution < 1.29 is 0 Å². The van der Waals surface area contributed by atoms with Crippen LogP contribution in [0, 0.1) is 6.92 Å². The molecule has 2 N–H and O–H groups in total. The fourth-order valence-electron chi connectivity index (χ4n) is 2.98. The van der Waals surface area contributed by atoms with E-state index >= 15 is 0 Å². The lowest BCUT2D eigenvalue weighted by Gasteiger charge is -2.12. The highest BCUT2D eigenvalue weighted by atomic mass is 32.1. The third kappa shape index (κ3) is 4.60. The van der Waals surface area contributed by atoms with Crippen molar-refractivity contribution in [1.29, 1.82) is 0 Å². The van der Waals surface area contributed by atoms with Crippen LogP contribution in [0.3, 0.4) is 0 Å². The number of guanidine groups is 1. The molecule has 1 aromatic carbocycles. The van der Waals surface area contributed by atoms with Gasteiger partial charge >= 0.3 is 0 Å². The average Bonchev–Trinajstić information content (AvgIpc) is 3.38. The largest absolute Gasteiger partial charge is 0.351 e. The zero-order valence-corrected chi connectivity index (χ0v) is 17.3. The maximum atomic E-state index is 4.81. The Bertz CT molecular complexity index is 1110. The molecule has 4 aromatic rings. The van der Waals surface area contributed by atoms with Gasteiger partial charge in [0.2, 0.25) is 0 Å². The Kier molecular flexibility index (Phi) is 5.81. The molecule has 0 spiro atoms. The summed E-state index contributed by atoms with van der Waals surface area (Å²) >= 11 is 1.72. The Morgan fingerprint density at radius 3 is 2.72 bits per heavy atom. The molecule has 8 heteroatoms. The van der Waals surface area contributed by atoms with E-state index in [-0.39, 0.29) is 0 Å². The summed E-state index contributed by atoms with van der Waals surface area (Å²) < 4.78 is 1.97. The number of aliphatic imine (C=N–C) groups is 1. The summed E-state index contributed by atoms with van der Waals surface area (Å²) in [6.07, 6.45) is 1.84. The molecule has 3 aromatic heterocycles. The molecule has 0 saturated carbocycles. The molecular weight excluding hydrogens is 382 g/mol. The lowest BCUT2D eigenvalue weighted by atomic mass is 10.1. The summed E-state index contributed by atoms with van der Waals surface area (Å²) in [5.41, 5.74) is 2.12. The Morgan fingerprint density at radius 2 is 1.93 bits per heavy atom. The smallest absolute Gasteiger partial charge is 0.192 e. The van der Waals surface area contributed by atoms with Crippen LogP contribution in [0.4, 0.5) is 0 Å². The zero-order valence-electron chi connectivity index (χ0n) is 16.5. The van der Waals surface area contributed by atoms with Crippen molar-refractivity contribution in [3.8, 4) is 0 Å². The quantitative estimate of drug-likeness (QED) is 0.380. The Hall–Kier alpha value is -3.26. The van der Waals surface area contributed by atoms with Gasteiger partial charge in [0.25, 0.3) is 0 Å². The molecule has 0 aliphatic carbocycles. The number of pyridine rings is 1. The fraction of sp³-hybridized carbons (Fsp3) is 0.238. The number of aromatic nitrogens is 4. The van der Waals surface area contributed by atoms with Gasteiger partial charge < -0.3 is 15.2 Å². The molecular formula is C21H23N7S. The second-order valence-electron chi connectivity index (χ2n) is 6.66. The van der Waals surface area contributed by atoms with Crippen LogP contribution in [-0.2, 0) is 26.7 Å². The van der Waals surface area contributed by atoms with E-state index in [0.29, 0.717) is 13.1 Å². The lowest BCUT2D eigenvalue weighted by molar-refractivity contribution is 0.715. The summed E-state index contributed by atoms with van der Waals surface area (Å²) in [6.45, 7) is 3.76. The van der Waals surface area contributed by atoms with E-state index in [4.69, 9.17) is 4.99 Å². The summed E-state index contributed by atoms with van der Waals surface area (Å²) in [4.78, 5) is 10.5. The van der Waals surface area contributed by atoms with E-state index in [1.165, 1.54) is 4.88 Å². The van der Waals surface area contributed by atoms with Crippen molar-refractivity contribution >= 4 is 28.2 Å². The third-order valence-electron chi connectivity index (χ3n) is 4.75. The number of rotatable bonds is 6. The van der Waals surface area contributed by atoms with E-state index in [2.05, 4.69) is 49.4 Å². The van der Waals surface area contributed by atoms with Crippen molar-refractivity contribution in [2.24, 2.45) is 12.0 Å². The molecule has 29 heavy (non-hydrogen) atoms. The molecule has 0 fully saturated rings. The monoisotopic (exact) mass is 405 g/mol. The molecule has 0 saturated heterocycles. The first-order valence-corrected chi connectivity index (χ1v) is 10.3. The van der Waals surface area contributed by atoms with Gasteiger partial charge in [-0.3, -0.25) is 4.98 Å². The van der Waals surface area contributed by atoms with E-state index in [1.54, 1.807) is 11.3 Å². The minimum absolute atomic E-state index is 0.546. The van der Waals surface area contributed by atoms with Crippen LogP contribution in [0.15, 0.2) is 59.0 Å². The second-order valence-corrected chi connectivity index (χ2v) is 7.69. The maximum absolute atomic E-state index is 4.81. The number of benzene rings is 1. The Labute approximate surface area is 173 Å². The summed E-state index contributed by atoms with van der Waals surface area (Å²) in [7, 11) is 1.96. The molecule has 0 bridgehead atoms. The van der Waals surface area contributed by atoms with Crippen molar-refractivity contribution in [3.05, 3.63) is 76.1 Å². The van der Waals surface area contributed by atoms with Crippen LogP contribution in [0.5, 0.6) is 0 Å². The number of hydrogen-bond acceptors (Lipinski definition) is 5. The minimum Gasteiger partial charge on any atom is -0.351 e. The highest BCUT2D eigenvalue weighted by Crippen LogP contribution is 2.17. The van der Waals surface area contributed by atoms with Gasteiger partial charge in [-0.2, -0.15) is 0 Å². The van der Waals surface area contributed by atoms with Gasteiger partial charge in [-0.25, -0.2) is 4.99 Å². The Balaban J connectivity index is 1.52. The van der Waals surface area contributed by atoms with Crippen molar-refractivity contribution in [2.45, 2.75) is 26.6 Å². The summed E-state index contributed by atoms with van der Waals surface area (Å²) in [6, 6.07) is 14.3. The molecule has 0 atom stereocenters. The van der Waals surface area contributed by atoms with Crippen LogP contribution in [0.1, 0.15) is 22.1 Å². The predicted molar refractivity (Wildman–Crippen MR) is 117 cm³/mol. The lowest BCUT2D eigenvalue weighted by Crippen LogP contribution is -2.37. The molecule has 3 heterocycles. The van der Waals surface area contributed by atoms with E-state index in [1.807, 2.05) is 49.0 Å².